The maximum Gasteiger partial charge on any atom is 0.191 e. The molecule has 6 heteroatoms. The minimum absolute atomic E-state index is 0.142. The standard InChI is InChI=1S/C21H34N4O2/c1-2-12-22-21(23-13-9-18-6-5-16-27-18)24-17-10-14-25(15-11-17)19-7-3-4-8-20(19)26/h2,5-6,16-17,19-20,26H,1,3-4,7-15H2,(H2,22,23,24). The Morgan fingerprint density at radius 3 is 2.81 bits per heavy atom. The molecule has 1 aliphatic carbocycles. The van der Waals surface area contributed by atoms with Gasteiger partial charge < -0.3 is 20.2 Å². The van der Waals surface area contributed by atoms with Crippen LogP contribution in [0.5, 0.6) is 0 Å². The second kappa shape index (κ2) is 10.5. The van der Waals surface area contributed by atoms with E-state index in [4.69, 9.17) is 4.42 Å². The molecule has 6 nitrogen and oxygen atoms in total. The Balaban J connectivity index is 1.46. The number of guanidine groups is 1. The first-order valence-electron chi connectivity index (χ1n) is 10.4. The van der Waals surface area contributed by atoms with Crippen LogP contribution in [0.3, 0.4) is 0 Å². The van der Waals surface area contributed by atoms with Crippen LogP contribution >= 0.6 is 0 Å². The zero-order valence-electron chi connectivity index (χ0n) is 16.3. The fourth-order valence-electron chi connectivity index (χ4n) is 4.14. The lowest BCUT2D eigenvalue weighted by Crippen LogP contribution is -2.53. The SMILES string of the molecule is C=CCNC(=NCCc1ccco1)NC1CCN(C2CCCCC2O)CC1. The first-order valence-corrected chi connectivity index (χ1v) is 10.4. The van der Waals surface area contributed by atoms with E-state index in [0.29, 0.717) is 25.2 Å². The summed E-state index contributed by atoms with van der Waals surface area (Å²) in [5.74, 6) is 1.80. The highest BCUT2D eigenvalue weighted by Gasteiger charge is 2.31. The molecule has 3 rings (SSSR count). The van der Waals surface area contributed by atoms with Crippen LogP contribution in [0.15, 0.2) is 40.5 Å². The zero-order chi connectivity index (χ0) is 18.9. The van der Waals surface area contributed by atoms with Crippen molar-refractivity contribution >= 4 is 5.96 Å². The maximum absolute atomic E-state index is 10.3. The highest BCUT2D eigenvalue weighted by Crippen LogP contribution is 2.25. The molecule has 0 aromatic carbocycles. The fourth-order valence-corrected chi connectivity index (χ4v) is 4.14. The molecule has 150 valence electrons. The summed E-state index contributed by atoms with van der Waals surface area (Å²) in [6.07, 6.45) is 10.9. The Bertz CT molecular complexity index is 579. The van der Waals surface area contributed by atoms with E-state index in [1.54, 1.807) is 6.26 Å². The van der Waals surface area contributed by atoms with Crippen molar-refractivity contribution in [1.29, 1.82) is 0 Å². The number of aliphatic hydroxyl groups excluding tert-OH is 1. The van der Waals surface area contributed by atoms with Crippen molar-refractivity contribution in [3.63, 3.8) is 0 Å². The summed E-state index contributed by atoms with van der Waals surface area (Å²) in [7, 11) is 0. The molecule has 2 aliphatic rings. The lowest BCUT2D eigenvalue weighted by atomic mass is 9.89. The molecule has 2 heterocycles. The predicted molar refractivity (Wildman–Crippen MR) is 109 cm³/mol. The number of nitrogens with zero attached hydrogens (tertiary/aromatic N) is 2. The molecule has 3 N–H and O–H groups in total. The highest BCUT2D eigenvalue weighted by atomic mass is 16.3. The number of likely N-dealkylation sites (tertiary alicyclic amines) is 1. The summed E-state index contributed by atoms with van der Waals surface area (Å²) in [5, 5.41) is 17.2. The van der Waals surface area contributed by atoms with Gasteiger partial charge in [-0.2, -0.15) is 0 Å². The summed E-state index contributed by atoms with van der Waals surface area (Å²) in [5.41, 5.74) is 0. The molecule has 1 aromatic rings. The average molecular weight is 375 g/mol. The van der Waals surface area contributed by atoms with Crippen molar-refractivity contribution in [2.24, 2.45) is 4.99 Å². The van der Waals surface area contributed by atoms with Gasteiger partial charge in [0.25, 0.3) is 0 Å². The van der Waals surface area contributed by atoms with Crippen molar-refractivity contribution in [2.45, 2.75) is 63.1 Å². The molecule has 0 spiro atoms. The largest absolute Gasteiger partial charge is 0.469 e. The molecule has 1 saturated carbocycles. The van der Waals surface area contributed by atoms with Gasteiger partial charge in [-0.05, 0) is 37.8 Å². The van der Waals surface area contributed by atoms with Gasteiger partial charge >= 0.3 is 0 Å². The highest BCUT2D eigenvalue weighted by molar-refractivity contribution is 5.80. The third kappa shape index (κ3) is 6.11. The molecular weight excluding hydrogens is 340 g/mol. The smallest absolute Gasteiger partial charge is 0.191 e. The van der Waals surface area contributed by atoms with Crippen molar-refractivity contribution in [3.8, 4) is 0 Å². The van der Waals surface area contributed by atoms with Crippen LogP contribution in [0.25, 0.3) is 0 Å². The molecule has 0 bridgehead atoms. The molecule has 0 amide bonds. The van der Waals surface area contributed by atoms with Gasteiger partial charge in [0.05, 0.1) is 12.4 Å². The van der Waals surface area contributed by atoms with Gasteiger partial charge in [0, 0.05) is 44.7 Å². The maximum atomic E-state index is 10.3. The Kier molecular flexibility index (Phi) is 7.78. The summed E-state index contributed by atoms with van der Waals surface area (Å²) < 4.78 is 5.37. The summed E-state index contributed by atoms with van der Waals surface area (Å²) in [4.78, 5) is 7.18. The number of furan rings is 1. The molecule has 1 aliphatic heterocycles. The Morgan fingerprint density at radius 2 is 2.11 bits per heavy atom. The van der Waals surface area contributed by atoms with Gasteiger partial charge in [0.2, 0.25) is 0 Å². The van der Waals surface area contributed by atoms with Crippen molar-refractivity contribution in [2.75, 3.05) is 26.2 Å². The number of aliphatic imine (C=N–C) groups is 1. The van der Waals surface area contributed by atoms with Crippen LogP contribution in [0.4, 0.5) is 0 Å². The topological polar surface area (TPSA) is 73.0 Å². The molecule has 1 aromatic heterocycles. The second-order valence-electron chi connectivity index (χ2n) is 7.60. The molecule has 27 heavy (non-hydrogen) atoms. The molecule has 2 unspecified atom stereocenters. The summed E-state index contributed by atoms with van der Waals surface area (Å²) in [6, 6.07) is 4.67. The number of nitrogens with one attached hydrogen (secondary N) is 2. The van der Waals surface area contributed by atoms with Crippen molar-refractivity contribution < 1.29 is 9.52 Å². The third-order valence-corrected chi connectivity index (χ3v) is 5.66. The van der Waals surface area contributed by atoms with Gasteiger partial charge in [0.1, 0.15) is 5.76 Å². The Labute approximate surface area is 162 Å². The molecular formula is C21H34N4O2. The third-order valence-electron chi connectivity index (χ3n) is 5.66. The second-order valence-corrected chi connectivity index (χ2v) is 7.60. The molecule has 1 saturated heterocycles. The van der Waals surface area contributed by atoms with Crippen molar-refractivity contribution in [3.05, 3.63) is 36.8 Å². The van der Waals surface area contributed by atoms with Gasteiger partial charge in [-0.3, -0.25) is 9.89 Å². The van der Waals surface area contributed by atoms with Gasteiger partial charge in [-0.25, -0.2) is 0 Å². The molecule has 2 atom stereocenters. The van der Waals surface area contributed by atoms with E-state index in [-0.39, 0.29) is 6.10 Å². The van der Waals surface area contributed by atoms with Crippen molar-refractivity contribution in [1.82, 2.24) is 15.5 Å². The van der Waals surface area contributed by atoms with Crippen LogP contribution in [-0.4, -0.2) is 60.3 Å². The van der Waals surface area contributed by atoms with Gasteiger partial charge in [-0.15, -0.1) is 6.58 Å². The van der Waals surface area contributed by atoms with E-state index in [0.717, 1.165) is 56.9 Å². The predicted octanol–water partition coefficient (Wildman–Crippen LogP) is 2.31. The number of hydrogen-bond acceptors (Lipinski definition) is 4. The Hall–Kier alpha value is -1.79. The molecule has 2 fully saturated rings. The minimum atomic E-state index is -0.142. The normalized spacial score (nSPS) is 25.3. The van der Waals surface area contributed by atoms with Crippen LogP contribution in [0.1, 0.15) is 44.3 Å². The summed E-state index contributed by atoms with van der Waals surface area (Å²) >= 11 is 0. The Morgan fingerprint density at radius 1 is 1.30 bits per heavy atom. The van der Waals surface area contributed by atoms with Crippen LogP contribution in [0, 0.1) is 0 Å². The average Bonchev–Trinajstić information content (AvgIpc) is 3.20. The lowest BCUT2D eigenvalue weighted by molar-refractivity contribution is 0.00811. The van der Waals surface area contributed by atoms with E-state index >= 15 is 0 Å². The van der Waals surface area contributed by atoms with E-state index < -0.39 is 0 Å². The van der Waals surface area contributed by atoms with Gasteiger partial charge in [-0.1, -0.05) is 18.9 Å². The first-order chi connectivity index (χ1) is 13.3. The number of aliphatic hydroxyl groups is 1. The van der Waals surface area contributed by atoms with E-state index in [9.17, 15) is 5.11 Å². The van der Waals surface area contributed by atoms with Crippen LogP contribution < -0.4 is 10.6 Å². The number of hydrogen-bond donors (Lipinski definition) is 3. The van der Waals surface area contributed by atoms with E-state index in [1.165, 1.54) is 12.8 Å². The first kappa shape index (κ1) is 20.0. The zero-order valence-corrected chi connectivity index (χ0v) is 16.3. The number of piperidine rings is 1. The van der Waals surface area contributed by atoms with E-state index in [2.05, 4.69) is 27.1 Å². The molecule has 0 radical (unpaired) electrons. The van der Waals surface area contributed by atoms with Crippen LogP contribution in [0.2, 0.25) is 0 Å². The van der Waals surface area contributed by atoms with E-state index in [1.807, 2.05) is 18.2 Å². The van der Waals surface area contributed by atoms with Gasteiger partial charge in [0.15, 0.2) is 5.96 Å². The summed E-state index contributed by atoms with van der Waals surface area (Å²) in [6.45, 7) is 7.24. The monoisotopic (exact) mass is 374 g/mol. The number of rotatable bonds is 7. The lowest BCUT2D eigenvalue weighted by Gasteiger charge is -2.41. The van der Waals surface area contributed by atoms with Crippen LogP contribution in [-0.2, 0) is 6.42 Å². The quantitative estimate of drug-likeness (QED) is 0.388. The minimum Gasteiger partial charge on any atom is -0.469 e. The fraction of sp³-hybridized carbons (Fsp3) is 0.667.